The van der Waals surface area contributed by atoms with Crippen LogP contribution in [0.4, 0.5) is 9.59 Å². The number of thiophene rings is 1. The Labute approximate surface area is 244 Å². The maximum Gasteiger partial charge on any atom is 0.411 e. The van der Waals surface area contributed by atoms with Gasteiger partial charge in [-0.1, -0.05) is 20.8 Å². The molecule has 41 heavy (non-hydrogen) atoms. The molecule has 11 nitrogen and oxygen atoms in total. The molecule has 4 heterocycles. The number of aromatic amines is 1. The van der Waals surface area contributed by atoms with E-state index in [1.54, 1.807) is 45.3 Å². The lowest BCUT2D eigenvalue weighted by Gasteiger charge is -2.40. The number of aromatic nitrogens is 2. The number of pyridine rings is 1. The second-order valence-electron chi connectivity index (χ2n) is 12.0. The standard InChI is InChI=1S/C28H37N5O6S2/c1-27(2,3)22-9-7-17(16-33(22)26(35)36)20-15-19-18(11-12-29-24(19)32-20)21-8-10-23(40-21)41(37,38)31-14-13-30-25(34)39-28(4,5)6/h8,10-12,15-16,22,31H,7,9,13-14H2,1-6H3,(H,29,32)(H,30,34)(H,35,36). The van der Waals surface area contributed by atoms with Gasteiger partial charge in [0.15, 0.2) is 0 Å². The van der Waals surface area contributed by atoms with Crippen LogP contribution in [0.1, 0.15) is 60.1 Å². The van der Waals surface area contributed by atoms with E-state index in [4.69, 9.17) is 4.74 Å². The molecule has 1 atom stereocenters. The molecule has 0 bridgehead atoms. The average molecular weight is 604 g/mol. The molecule has 0 saturated heterocycles. The summed E-state index contributed by atoms with van der Waals surface area (Å²) in [6.07, 6.45) is 3.16. The first-order valence-electron chi connectivity index (χ1n) is 13.3. The molecule has 3 aromatic rings. The Morgan fingerprint density at radius 3 is 2.56 bits per heavy atom. The number of amides is 2. The predicted molar refractivity (Wildman–Crippen MR) is 159 cm³/mol. The first kappa shape index (κ1) is 30.5. The Morgan fingerprint density at radius 1 is 1.17 bits per heavy atom. The van der Waals surface area contributed by atoms with Crippen molar-refractivity contribution in [2.75, 3.05) is 13.1 Å². The highest BCUT2D eigenvalue weighted by molar-refractivity contribution is 7.91. The molecule has 0 saturated carbocycles. The molecular weight excluding hydrogens is 566 g/mol. The van der Waals surface area contributed by atoms with Crippen molar-refractivity contribution < 1.29 is 27.9 Å². The number of carbonyl (C=O) groups excluding carboxylic acids is 1. The van der Waals surface area contributed by atoms with Crippen LogP contribution in [0.25, 0.3) is 27.0 Å². The Morgan fingerprint density at radius 2 is 1.90 bits per heavy atom. The van der Waals surface area contributed by atoms with E-state index in [0.717, 1.165) is 38.4 Å². The fourth-order valence-corrected chi connectivity index (χ4v) is 7.18. The molecule has 2 amide bonds. The van der Waals surface area contributed by atoms with Crippen LogP contribution in [0.3, 0.4) is 0 Å². The molecule has 0 aliphatic carbocycles. The van der Waals surface area contributed by atoms with Crippen LogP contribution < -0.4 is 10.0 Å². The third-order valence-corrected chi connectivity index (χ3v) is 9.68. The van der Waals surface area contributed by atoms with Gasteiger partial charge in [-0.25, -0.2) is 27.7 Å². The van der Waals surface area contributed by atoms with Crippen molar-refractivity contribution in [3.63, 3.8) is 0 Å². The lowest BCUT2D eigenvalue weighted by Crippen LogP contribution is -2.45. The fourth-order valence-electron chi connectivity index (χ4n) is 4.76. The van der Waals surface area contributed by atoms with Crippen molar-refractivity contribution in [2.24, 2.45) is 5.41 Å². The zero-order valence-electron chi connectivity index (χ0n) is 24.1. The molecule has 0 fully saturated rings. The van der Waals surface area contributed by atoms with Crippen LogP contribution in [-0.4, -0.2) is 65.3 Å². The van der Waals surface area contributed by atoms with Crippen LogP contribution in [0.5, 0.6) is 0 Å². The number of carboxylic acid groups (broad SMARTS) is 1. The largest absolute Gasteiger partial charge is 0.465 e. The zero-order valence-corrected chi connectivity index (χ0v) is 25.7. The number of sulfonamides is 1. The Balaban J connectivity index is 1.52. The van der Waals surface area contributed by atoms with Crippen LogP contribution >= 0.6 is 11.3 Å². The Hall–Kier alpha value is -3.42. The van der Waals surface area contributed by atoms with E-state index in [9.17, 15) is 23.1 Å². The number of carbonyl (C=O) groups is 2. The van der Waals surface area contributed by atoms with Gasteiger partial charge in [0.25, 0.3) is 0 Å². The number of nitrogens with zero attached hydrogens (tertiary/aromatic N) is 2. The number of hydrogen-bond donors (Lipinski definition) is 4. The third kappa shape index (κ3) is 7.27. The van der Waals surface area contributed by atoms with E-state index < -0.39 is 27.8 Å². The minimum atomic E-state index is -3.79. The SMILES string of the molecule is CC(C)(C)OC(=O)NCCNS(=O)(=O)c1ccc(-c2ccnc3[nH]c(C4=CN(C(=O)O)C(C(C)(C)C)CC4)cc23)s1. The zero-order chi connectivity index (χ0) is 30.2. The molecule has 0 aromatic carbocycles. The van der Waals surface area contributed by atoms with Gasteiger partial charge in [0.1, 0.15) is 15.5 Å². The van der Waals surface area contributed by atoms with Gasteiger partial charge < -0.3 is 20.1 Å². The summed E-state index contributed by atoms with van der Waals surface area (Å²) < 4.78 is 33.6. The van der Waals surface area contributed by atoms with Gasteiger partial charge in [-0.05, 0) is 68.9 Å². The number of alkyl carbamates (subject to hydrolysis) is 1. The fraction of sp³-hybridized carbons (Fsp3) is 0.464. The summed E-state index contributed by atoms with van der Waals surface area (Å²) in [6.45, 7) is 11.4. The van der Waals surface area contributed by atoms with Gasteiger partial charge in [-0.15, -0.1) is 11.3 Å². The lowest BCUT2D eigenvalue weighted by molar-refractivity contribution is 0.0528. The van der Waals surface area contributed by atoms with Crippen molar-refractivity contribution >= 4 is 50.2 Å². The minimum absolute atomic E-state index is 0.00796. The molecular formula is C28H37N5O6S2. The van der Waals surface area contributed by atoms with Crippen molar-refractivity contribution in [1.29, 1.82) is 0 Å². The number of H-pyrrole nitrogens is 1. The topological polar surface area (TPSA) is 154 Å². The second-order valence-corrected chi connectivity index (χ2v) is 15.1. The Kier molecular flexibility index (Phi) is 8.53. The van der Waals surface area contributed by atoms with Gasteiger partial charge >= 0.3 is 12.2 Å². The molecule has 0 spiro atoms. The predicted octanol–water partition coefficient (Wildman–Crippen LogP) is 5.62. The normalized spacial score (nSPS) is 16.5. The van der Waals surface area contributed by atoms with Crippen molar-refractivity contribution in [1.82, 2.24) is 24.9 Å². The van der Waals surface area contributed by atoms with Gasteiger partial charge in [-0.3, -0.25) is 4.90 Å². The molecule has 1 aliphatic rings. The van der Waals surface area contributed by atoms with Crippen molar-refractivity contribution in [2.45, 2.75) is 70.2 Å². The lowest BCUT2D eigenvalue weighted by atomic mass is 9.80. The summed E-state index contributed by atoms with van der Waals surface area (Å²) in [5, 5.41) is 13.2. The minimum Gasteiger partial charge on any atom is -0.465 e. The number of hydrogen-bond acceptors (Lipinski definition) is 7. The third-order valence-electron chi connectivity index (χ3n) is 6.61. The van der Waals surface area contributed by atoms with Gasteiger partial charge in [-0.2, -0.15) is 0 Å². The van der Waals surface area contributed by atoms with Crippen LogP contribution in [0.2, 0.25) is 0 Å². The summed E-state index contributed by atoms with van der Waals surface area (Å²) in [5.74, 6) is 0. The Bertz CT molecular complexity index is 1580. The number of ether oxygens (including phenoxy) is 1. The smallest absolute Gasteiger partial charge is 0.411 e. The summed E-state index contributed by atoms with van der Waals surface area (Å²) in [6, 6.07) is 6.93. The highest BCUT2D eigenvalue weighted by Crippen LogP contribution is 2.39. The monoisotopic (exact) mass is 603 g/mol. The molecule has 1 aliphatic heterocycles. The van der Waals surface area contributed by atoms with E-state index in [2.05, 4.69) is 20.0 Å². The van der Waals surface area contributed by atoms with Crippen molar-refractivity contribution in [3.8, 4) is 10.4 Å². The maximum absolute atomic E-state index is 12.9. The van der Waals surface area contributed by atoms with Crippen LogP contribution in [-0.2, 0) is 14.8 Å². The number of nitrogens with one attached hydrogen (secondary N) is 3. The van der Waals surface area contributed by atoms with E-state index >= 15 is 0 Å². The molecule has 0 radical (unpaired) electrons. The van der Waals surface area contributed by atoms with E-state index in [-0.39, 0.29) is 28.8 Å². The van der Waals surface area contributed by atoms with Gasteiger partial charge in [0, 0.05) is 53.0 Å². The van der Waals surface area contributed by atoms with Crippen LogP contribution in [0, 0.1) is 5.41 Å². The van der Waals surface area contributed by atoms with Crippen molar-refractivity contribution in [3.05, 3.63) is 42.4 Å². The number of allylic oxidation sites excluding steroid dienone is 1. The molecule has 222 valence electrons. The molecule has 3 aromatic heterocycles. The highest BCUT2D eigenvalue weighted by Gasteiger charge is 2.35. The first-order chi connectivity index (χ1) is 19.0. The maximum atomic E-state index is 12.9. The molecule has 1 unspecified atom stereocenters. The average Bonchev–Trinajstić information content (AvgIpc) is 3.53. The summed E-state index contributed by atoms with van der Waals surface area (Å²) >= 11 is 1.13. The molecule has 4 rings (SSSR count). The first-order valence-corrected chi connectivity index (χ1v) is 15.6. The van der Waals surface area contributed by atoms with E-state index in [1.807, 2.05) is 32.9 Å². The van der Waals surface area contributed by atoms with Crippen LogP contribution in [0.15, 0.2) is 40.9 Å². The van der Waals surface area contributed by atoms with E-state index in [0.29, 0.717) is 18.5 Å². The highest BCUT2D eigenvalue weighted by atomic mass is 32.2. The number of fused-ring (bicyclic) bond motifs is 1. The van der Waals surface area contributed by atoms with Gasteiger partial charge in [0.2, 0.25) is 10.0 Å². The van der Waals surface area contributed by atoms with E-state index in [1.165, 1.54) is 4.90 Å². The summed E-state index contributed by atoms with van der Waals surface area (Å²) in [4.78, 5) is 33.7. The molecule has 13 heteroatoms. The quantitative estimate of drug-likeness (QED) is 0.256. The number of rotatable bonds is 7. The second kappa shape index (κ2) is 11.5. The van der Waals surface area contributed by atoms with Gasteiger partial charge in [0.05, 0.1) is 0 Å². The molecule has 4 N–H and O–H groups in total. The summed E-state index contributed by atoms with van der Waals surface area (Å²) in [7, 11) is -3.79. The summed E-state index contributed by atoms with van der Waals surface area (Å²) in [5.41, 5.74) is 2.25.